The van der Waals surface area contributed by atoms with Crippen molar-refractivity contribution < 1.29 is 67.4 Å². The molecule has 29 N–H and O–H groups in total. The Morgan fingerprint density at radius 1 is 0.390 bits per heavy atom. The van der Waals surface area contributed by atoms with Crippen LogP contribution < -0.4 is 92.5 Å². The van der Waals surface area contributed by atoms with Gasteiger partial charge in [0.05, 0.1) is 18.7 Å². The molecule has 38 nitrogen and oxygen atoms in total. The number of carbonyl (C=O) groups excluding carboxylic acids is 13. The predicted molar refractivity (Wildman–Crippen MR) is 516 cm³/mol. The van der Waals surface area contributed by atoms with Crippen molar-refractivity contribution in [3.05, 3.63) is 216 Å². The van der Waals surface area contributed by atoms with Crippen molar-refractivity contribution in [1.82, 2.24) is 93.6 Å². The highest BCUT2D eigenvalue weighted by molar-refractivity contribution is 6.02. The predicted octanol–water partition coefficient (Wildman–Crippen LogP) is 2.17. The summed E-state index contributed by atoms with van der Waals surface area (Å²) in [5.74, 6) is -11.8. The van der Waals surface area contributed by atoms with E-state index in [2.05, 4.69) is 88.7 Å². The maximum atomic E-state index is 16.0. The Labute approximate surface area is 785 Å². The van der Waals surface area contributed by atoms with Crippen LogP contribution in [0.15, 0.2) is 183 Å². The van der Waals surface area contributed by atoms with Gasteiger partial charge in [0.15, 0.2) is 5.96 Å². The number of fused-ring (bicyclic) bond motifs is 5. The largest absolute Gasteiger partial charge is 0.391 e. The molecule has 0 saturated carbocycles. The zero-order valence-electron chi connectivity index (χ0n) is 76.3. The number of aromatic amines is 5. The summed E-state index contributed by atoms with van der Waals surface area (Å²) in [6.07, 6.45) is 7.90. The van der Waals surface area contributed by atoms with Crippen molar-refractivity contribution >= 4 is 137 Å². The number of nitrogens with two attached hydrogens (primary N) is 5. The molecule has 13 atom stereocenters. The minimum absolute atomic E-state index is 0.00131. The average Bonchev–Trinajstić information content (AvgIpc) is 1.65. The molecule has 38 heteroatoms. The molecule has 13 amide bonds. The number of carbonyl (C=O) groups is 13. The number of hydrogen-bond acceptors (Lipinski definition) is 18. The molecule has 0 spiro atoms. The molecule has 6 aromatic carbocycles. The molecule has 11 aromatic rings. The molecule has 1 aliphatic rings. The highest BCUT2D eigenvalue weighted by Crippen LogP contribution is 2.28. The van der Waals surface area contributed by atoms with E-state index < -0.39 is 174 Å². The molecular formula is C98H124N24O14. The average molecular weight is 1860 g/mol. The van der Waals surface area contributed by atoms with Gasteiger partial charge in [-0.3, -0.25) is 67.7 Å². The summed E-state index contributed by atoms with van der Waals surface area (Å²) in [4.78, 5) is 211. The SMILES string of the molecule is CC(C)C(NC(=O)C1CCCN1C(=O)C(N)Cc1ccccc1)C(=O)NC(C(=O)NC(Cc1c[nH]c2ccccc12)C(=O)NC(CCCNC(=N)N)C(=O)NC(Cc1c[nH]c2ccccc12)C(=O)NC(Cc1c[nH]c2ccccc12)C(=O)NC(CCCCN)C(=O)NC(Cc1c[nH]c2ccccc12)C(=O)NC(Cc1c[nH]c2ccccc12)C(=O)NC(CCCCN)C(=O)NCC(N)=O)C(C)O. The monoisotopic (exact) mass is 1860 g/mol. The van der Waals surface area contributed by atoms with Gasteiger partial charge in [-0.15, -0.1) is 0 Å². The van der Waals surface area contributed by atoms with Crippen LogP contribution in [0.2, 0.25) is 0 Å². The van der Waals surface area contributed by atoms with Gasteiger partial charge in [-0.25, -0.2) is 0 Å². The molecule has 13 unspecified atom stereocenters. The quantitative estimate of drug-likeness (QED) is 0.0148. The number of aromatic nitrogens is 5. The van der Waals surface area contributed by atoms with Crippen LogP contribution in [0.4, 0.5) is 0 Å². The van der Waals surface area contributed by atoms with Gasteiger partial charge in [-0.1, -0.05) is 135 Å². The van der Waals surface area contributed by atoms with Gasteiger partial charge in [0, 0.05) is 131 Å². The second-order valence-electron chi connectivity index (χ2n) is 35.0. The highest BCUT2D eigenvalue weighted by atomic mass is 16.3. The minimum Gasteiger partial charge on any atom is -0.391 e. The van der Waals surface area contributed by atoms with E-state index >= 15 is 38.4 Å². The fourth-order valence-electron chi connectivity index (χ4n) is 17.3. The normalized spacial score (nSPS) is 15.3. The molecule has 1 aliphatic heterocycles. The van der Waals surface area contributed by atoms with Gasteiger partial charge < -0.3 is 127 Å². The number of rotatable bonds is 50. The van der Waals surface area contributed by atoms with E-state index in [-0.39, 0.29) is 103 Å². The Bertz CT molecular complexity index is 6040. The first-order valence-electron chi connectivity index (χ1n) is 46.1. The number of likely N-dealkylation sites (tertiary alicyclic amines) is 1. The van der Waals surface area contributed by atoms with Crippen molar-refractivity contribution in [2.45, 2.75) is 202 Å². The molecule has 12 rings (SSSR count). The van der Waals surface area contributed by atoms with Crippen LogP contribution in [0.3, 0.4) is 0 Å². The van der Waals surface area contributed by atoms with Crippen LogP contribution in [0, 0.1) is 11.3 Å². The minimum atomic E-state index is -1.79. The first-order chi connectivity index (χ1) is 65.5. The molecule has 6 heterocycles. The summed E-state index contributed by atoms with van der Waals surface area (Å²) >= 11 is 0. The zero-order chi connectivity index (χ0) is 97.1. The lowest BCUT2D eigenvalue weighted by atomic mass is 9.99. The second kappa shape index (κ2) is 48.2. The van der Waals surface area contributed by atoms with Gasteiger partial charge in [-0.05, 0) is 160 Å². The van der Waals surface area contributed by atoms with E-state index in [9.17, 15) is 29.1 Å². The third kappa shape index (κ3) is 26.8. The number of benzene rings is 6. The maximum Gasteiger partial charge on any atom is 0.245 e. The molecule has 1 saturated heterocycles. The maximum absolute atomic E-state index is 16.0. The summed E-state index contributed by atoms with van der Waals surface area (Å²) in [7, 11) is 0. The molecule has 5 aromatic heterocycles. The summed E-state index contributed by atoms with van der Waals surface area (Å²) in [6.45, 7) is 4.73. The molecule has 1 fully saturated rings. The number of nitrogens with zero attached hydrogens (tertiary/aromatic N) is 1. The number of aliphatic hydroxyl groups is 1. The summed E-state index contributed by atoms with van der Waals surface area (Å²) in [5, 5.41) is 56.4. The summed E-state index contributed by atoms with van der Waals surface area (Å²) < 4.78 is 0. The number of amides is 13. The first-order valence-corrected chi connectivity index (χ1v) is 46.1. The Hall–Kier alpha value is -14.8. The van der Waals surface area contributed by atoms with Gasteiger partial charge in [0.1, 0.15) is 66.5 Å². The standard InChI is InChI=1S/C98H124N24O14/c1-55(2)84(120-94(133)82-38-22-42-122(82)97(136)68(101)43-57-23-5-4-6-24-57)95(134)121-85(56(3)123)96(135)119-81(48-62-53-110-73-34-16-11-29-67(62)73)91(130)114-76(37-21-41-105-98(103)104)88(127)116-80(47-61-52-109-72-33-15-10-28-66(61)72)93(132)118-78(45-59-50-107-70-31-13-8-26-64(59)70)90(129)113-75(36-18-20-40-100)87(126)115-79(46-60-51-108-71-32-14-9-27-65(60)71)92(131)117-77(44-58-49-106-69-30-12-7-25-63(58)69)89(128)112-74(35-17-19-39-99)86(125)111-54-83(102)124/h4-16,23-34,49-53,55-56,68,74-82,84-85,106-110,123H,17-22,35-48,54,99-101H2,1-3H3,(H2,102,124)(H,111,125)(H,112,128)(H,113,129)(H,114,130)(H,115,126)(H,116,127)(H,117,131)(H,118,132)(H,119,135)(H,120,133)(H,121,134)(H4,103,104,105). The van der Waals surface area contributed by atoms with Crippen LogP contribution in [0.1, 0.15) is 118 Å². The number of unbranched alkanes of at least 4 members (excludes halogenated alkanes) is 2. The third-order valence-electron chi connectivity index (χ3n) is 24.6. The van der Waals surface area contributed by atoms with E-state index in [1.807, 2.05) is 97.1 Å². The number of primary amides is 1. The number of aliphatic hydroxyl groups excluding tert-OH is 1. The zero-order valence-corrected chi connectivity index (χ0v) is 76.3. The van der Waals surface area contributed by atoms with E-state index in [0.29, 0.717) is 97.1 Å². The molecule has 0 bridgehead atoms. The topological polar surface area (TPSA) is 623 Å². The molecular weight excluding hydrogens is 1740 g/mol. The van der Waals surface area contributed by atoms with E-state index in [4.69, 9.17) is 34.1 Å². The Morgan fingerprint density at radius 3 is 1.06 bits per heavy atom. The molecule has 0 aliphatic carbocycles. The number of para-hydroxylation sites is 5. The number of nitrogens with one attached hydrogen (secondary N) is 18. The van der Waals surface area contributed by atoms with Crippen LogP contribution in [-0.2, 0) is 101 Å². The Balaban J connectivity index is 0.833. The first kappa shape index (κ1) is 100. The van der Waals surface area contributed by atoms with E-state index in [1.165, 1.54) is 11.8 Å². The Kier molecular flexibility index (Phi) is 35.6. The van der Waals surface area contributed by atoms with E-state index in [1.54, 1.807) is 99.4 Å². The van der Waals surface area contributed by atoms with Crippen LogP contribution in [0.5, 0.6) is 0 Å². The molecule has 720 valence electrons. The van der Waals surface area contributed by atoms with Crippen molar-refractivity contribution in [3.63, 3.8) is 0 Å². The highest BCUT2D eigenvalue weighted by Gasteiger charge is 2.42. The van der Waals surface area contributed by atoms with Crippen molar-refractivity contribution in [1.29, 1.82) is 5.41 Å². The van der Waals surface area contributed by atoms with Gasteiger partial charge in [-0.2, -0.15) is 0 Å². The van der Waals surface area contributed by atoms with Crippen LogP contribution in [0.25, 0.3) is 54.5 Å². The summed E-state index contributed by atoms with van der Waals surface area (Å²) in [6, 6.07) is 28.2. The lowest BCUT2D eigenvalue weighted by molar-refractivity contribution is -0.141. The molecule has 0 radical (unpaired) electrons. The summed E-state index contributed by atoms with van der Waals surface area (Å²) in [5.41, 5.74) is 36.6. The fourth-order valence-corrected chi connectivity index (χ4v) is 17.3. The van der Waals surface area contributed by atoms with Gasteiger partial charge in [0.25, 0.3) is 0 Å². The third-order valence-corrected chi connectivity index (χ3v) is 24.6. The lowest BCUT2D eigenvalue weighted by Gasteiger charge is -2.31. The number of guanidine groups is 1. The van der Waals surface area contributed by atoms with Gasteiger partial charge in [0.2, 0.25) is 76.8 Å². The van der Waals surface area contributed by atoms with Crippen molar-refractivity contribution in [2.75, 3.05) is 32.7 Å². The smallest absolute Gasteiger partial charge is 0.245 e. The number of hydrogen-bond donors (Lipinski definition) is 24. The second-order valence-corrected chi connectivity index (χ2v) is 35.0. The van der Waals surface area contributed by atoms with Gasteiger partial charge >= 0.3 is 0 Å². The van der Waals surface area contributed by atoms with E-state index in [0.717, 1.165) is 16.5 Å². The Morgan fingerprint density at radius 2 is 0.713 bits per heavy atom. The fraction of sp³-hybridized carbons (Fsp3) is 0.388. The molecule has 136 heavy (non-hydrogen) atoms. The number of H-pyrrole nitrogens is 5. The van der Waals surface area contributed by atoms with Crippen LogP contribution in [-0.4, -0.2) is 229 Å². The van der Waals surface area contributed by atoms with Crippen molar-refractivity contribution in [2.24, 2.45) is 34.6 Å². The van der Waals surface area contributed by atoms with Crippen molar-refractivity contribution in [3.8, 4) is 0 Å². The lowest BCUT2D eigenvalue weighted by Crippen LogP contribution is -2.63. The van der Waals surface area contributed by atoms with Crippen LogP contribution >= 0.6 is 0 Å².